The molecule has 0 amide bonds. The van der Waals surface area contributed by atoms with E-state index in [1.807, 2.05) is 0 Å². The van der Waals surface area contributed by atoms with Gasteiger partial charge in [-0.2, -0.15) is 0 Å². The Bertz CT molecular complexity index is 325. The predicted octanol–water partition coefficient (Wildman–Crippen LogP) is 6.25. The zero-order chi connectivity index (χ0) is 14.1. The van der Waals surface area contributed by atoms with E-state index in [2.05, 4.69) is 58.0 Å². The predicted molar refractivity (Wildman–Crippen MR) is 86.5 cm³/mol. The highest BCUT2D eigenvalue weighted by Crippen LogP contribution is 2.35. The molecule has 0 fully saturated rings. The normalized spacial score (nSPS) is 14.6. The first-order valence-corrected chi connectivity index (χ1v) is 8.09. The molecule has 0 aliphatic rings. The molecule has 0 heteroatoms. The highest BCUT2D eigenvalue weighted by molar-refractivity contribution is 5.16. The maximum absolute atomic E-state index is 2.49. The van der Waals surface area contributed by atoms with Crippen LogP contribution in [0.15, 0.2) is 30.3 Å². The Morgan fingerprint density at radius 2 is 1.68 bits per heavy atom. The van der Waals surface area contributed by atoms with Crippen LogP contribution in [-0.2, 0) is 6.42 Å². The summed E-state index contributed by atoms with van der Waals surface area (Å²) in [5, 5.41) is 0. The summed E-state index contributed by atoms with van der Waals surface area (Å²) in [6.45, 7) is 9.49. The van der Waals surface area contributed by atoms with Gasteiger partial charge in [0.15, 0.2) is 0 Å². The van der Waals surface area contributed by atoms with Gasteiger partial charge >= 0.3 is 0 Å². The van der Waals surface area contributed by atoms with Gasteiger partial charge in [0.1, 0.15) is 0 Å². The van der Waals surface area contributed by atoms with Gasteiger partial charge in [-0.3, -0.25) is 0 Å². The first-order chi connectivity index (χ1) is 9.06. The zero-order valence-electron chi connectivity index (χ0n) is 13.4. The van der Waals surface area contributed by atoms with E-state index in [9.17, 15) is 0 Å². The molecule has 1 aromatic rings. The second-order valence-corrected chi connectivity index (χ2v) is 6.88. The summed E-state index contributed by atoms with van der Waals surface area (Å²) in [5.41, 5.74) is 1.98. The summed E-state index contributed by atoms with van der Waals surface area (Å²) < 4.78 is 0. The van der Waals surface area contributed by atoms with Gasteiger partial charge in [-0.25, -0.2) is 0 Å². The maximum Gasteiger partial charge on any atom is -0.0225 e. The summed E-state index contributed by atoms with van der Waals surface area (Å²) in [7, 11) is 0. The number of unbranched alkanes of at least 4 members (excludes halogenated alkanes) is 3. The maximum atomic E-state index is 2.49. The molecule has 0 heterocycles. The molecule has 19 heavy (non-hydrogen) atoms. The minimum absolute atomic E-state index is 0.475. The molecule has 0 aliphatic heterocycles. The van der Waals surface area contributed by atoms with E-state index < -0.39 is 0 Å². The molecule has 1 aromatic carbocycles. The molecule has 1 unspecified atom stereocenters. The highest BCUT2D eigenvalue weighted by atomic mass is 14.3. The van der Waals surface area contributed by atoms with E-state index in [1.165, 1.54) is 50.5 Å². The van der Waals surface area contributed by atoms with Gasteiger partial charge in [0.05, 0.1) is 0 Å². The van der Waals surface area contributed by atoms with Crippen LogP contribution in [0, 0.1) is 11.3 Å². The third-order valence-corrected chi connectivity index (χ3v) is 4.01. The summed E-state index contributed by atoms with van der Waals surface area (Å²) in [4.78, 5) is 0. The SMILES string of the molecule is CCCCCCC(C)(Cc1ccccc1)CC(C)C. The van der Waals surface area contributed by atoms with Gasteiger partial charge < -0.3 is 0 Å². The Kier molecular flexibility index (Phi) is 7.20. The first-order valence-electron chi connectivity index (χ1n) is 8.09. The van der Waals surface area contributed by atoms with Crippen LogP contribution < -0.4 is 0 Å². The monoisotopic (exact) mass is 260 g/mol. The summed E-state index contributed by atoms with van der Waals surface area (Å²) in [6, 6.07) is 11.0. The molecule has 0 radical (unpaired) electrons. The van der Waals surface area contributed by atoms with Crippen LogP contribution in [0.4, 0.5) is 0 Å². The number of benzene rings is 1. The smallest absolute Gasteiger partial charge is 0.0225 e. The number of hydrogen-bond acceptors (Lipinski definition) is 0. The Labute approximate surface area is 120 Å². The average molecular weight is 260 g/mol. The standard InChI is InChI=1S/C19H32/c1-5-6-7-11-14-19(4,15-17(2)3)16-18-12-9-8-10-13-18/h8-10,12-13,17H,5-7,11,14-16H2,1-4H3. The van der Waals surface area contributed by atoms with E-state index in [1.54, 1.807) is 0 Å². The van der Waals surface area contributed by atoms with Gasteiger partial charge in [0.2, 0.25) is 0 Å². The first kappa shape index (κ1) is 16.3. The molecule has 0 nitrogen and oxygen atoms in total. The second-order valence-electron chi connectivity index (χ2n) is 6.88. The van der Waals surface area contributed by atoms with Crippen molar-refractivity contribution in [3.63, 3.8) is 0 Å². The van der Waals surface area contributed by atoms with Crippen molar-refractivity contribution in [1.82, 2.24) is 0 Å². The van der Waals surface area contributed by atoms with Crippen molar-refractivity contribution < 1.29 is 0 Å². The van der Waals surface area contributed by atoms with Crippen LogP contribution in [0.1, 0.15) is 71.8 Å². The fraction of sp³-hybridized carbons (Fsp3) is 0.684. The van der Waals surface area contributed by atoms with Crippen LogP contribution in [0.25, 0.3) is 0 Å². The van der Waals surface area contributed by atoms with Crippen molar-refractivity contribution >= 4 is 0 Å². The third kappa shape index (κ3) is 6.80. The Morgan fingerprint density at radius 3 is 2.26 bits per heavy atom. The molecule has 0 saturated carbocycles. The molecule has 1 atom stereocenters. The van der Waals surface area contributed by atoms with Gasteiger partial charge in [-0.15, -0.1) is 0 Å². The minimum atomic E-state index is 0.475. The van der Waals surface area contributed by atoms with E-state index >= 15 is 0 Å². The van der Waals surface area contributed by atoms with Crippen LogP contribution in [0.2, 0.25) is 0 Å². The Hall–Kier alpha value is -0.780. The van der Waals surface area contributed by atoms with Crippen LogP contribution in [-0.4, -0.2) is 0 Å². The molecule has 0 aliphatic carbocycles. The molecule has 0 spiro atoms. The molecule has 0 N–H and O–H groups in total. The minimum Gasteiger partial charge on any atom is -0.0654 e. The quantitative estimate of drug-likeness (QED) is 0.460. The number of rotatable bonds is 9. The van der Waals surface area contributed by atoms with Crippen LogP contribution in [0.5, 0.6) is 0 Å². The average Bonchev–Trinajstić information content (AvgIpc) is 2.35. The van der Waals surface area contributed by atoms with Gasteiger partial charge in [-0.05, 0) is 36.2 Å². The molecule has 0 bridgehead atoms. The molecular formula is C19H32. The van der Waals surface area contributed by atoms with Crippen LogP contribution >= 0.6 is 0 Å². The van der Waals surface area contributed by atoms with Crippen molar-refractivity contribution in [2.75, 3.05) is 0 Å². The van der Waals surface area contributed by atoms with Crippen LogP contribution in [0.3, 0.4) is 0 Å². The van der Waals surface area contributed by atoms with Gasteiger partial charge in [-0.1, -0.05) is 83.7 Å². The fourth-order valence-corrected chi connectivity index (χ4v) is 3.32. The lowest BCUT2D eigenvalue weighted by Crippen LogP contribution is -2.22. The van der Waals surface area contributed by atoms with E-state index in [-0.39, 0.29) is 0 Å². The molecule has 1 rings (SSSR count). The fourth-order valence-electron chi connectivity index (χ4n) is 3.32. The zero-order valence-corrected chi connectivity index (χ0v) is 13.4. The van der Waals surface area contributed by atoms with Gasteiger partial charge in [0.25, 0.3) is 0 Å². The van der Waals surface area contributed by atoms with Gasteiger partial charge in [0, 0.05) is 0 Å². The molecule has 0 aromatic heterocycles. The molecular weight excluding hydrogens is 228 g/mol. The summed E-state index contributed by atoms with van der Waals surface area (Å²) in [5.74, 6) is 0.792. The molecule has 108 valence electrons. The number of hydrogen-bond donors (Lipinski definition) is 0. The lowest BCUT2D eigenvalue weighted by Gasteiger charge is -2.32. The largest absolute Gasteiger partial charge is 0.0654 e. The Morgan fingerprint density at radius 1 is 1.00 bits per heavy atom. The third-order valence-electron chi connectivity index (χ3n) is 4.01. The van der Waals surface area contributed by atoms with Crippen molar-refractivity contribution in [2.45, 2.75) is 72.6 Å². The lowest BCUT2D eigenvalue weighted by atomic mass is 9.73. The van der Waals surface area contributed by atoms with E-state index in [0.717, 1.165) is 5.92 Å². The van der Waals surface area contributed by atoms with Crippen molar-refractivity contribution in [3.8, 4) is 0 Å². The van der Waals surface area contributed by atoms with Crippen molar-refractivity contribution in [2.24, 2.45) is 11.3 Å². The van der Waals surface area contributed by atoms with Crippen molar-refractivity contribution in [3.05, 3.63) is 35.9 Å². The van der Waals surface area contributed by atoms with E-state index in [0.29, 0.717) is 5.41 Å². The topological polar surface area (TPSA) is 0 Å². The summed E-state index contributed by atoms with van der Waals surface area (Å²) >= 11 is 0. The van der Waals surface area contributed by atoms with E-state index in [4.69, 9.17) is 0 Å². The summed E-state index contributed by atoms with van der Waals surface area (Å²) in [6.07, 6.45) is 9.47. The second kappa shape index (κ2) is 8.40. The Balaban J connectivity index is 2.58. The molecule has 0 saturated heterocycles. The lowest BCUT2D eigenvalue weighted by molar-refractivity contribution is 0.225. The van der Waals surface area contributed by atoms with Crippen molar-refractivity contribution in [1.29, 1.82) is 0 Å². The highest BCUT2D eigenvalue weighted by Gasteiger charge is 2.25.